The maximum atomic E-state index is 11.4. The largest absolute Gasteiger partial charge is 0.466 e. The summed E-state index contributed by atoms with van der Waals surface area (Å²) in [6.07, 6.45) is 2.35. The topological polar surface area (TPSA) is 120 Å². The van der Waals surface area contributed by atoms with Gasteiger partial charge in [-0.15, -0.1) is 0 Å². The quantitative estimate of drug-likeness (QED) is 0.339. The van der Waals surface area contributed by atoms with Crippen molar-refractivity contribution in [2.24, 2.45) is 5.73 Å². The van der Waals surface area contributed by atoms with Gasteiger partial charge < -0.3 is 25.8 Å². The van der Waals surface area contributed by atoms with Crippen molar-refractivity contribution in [1.82, 2.24) is 10.6 Å². The van der Waals surface area contributed by atoms with Crippen molar-refractivity contribution in [2.75, 3.05) is 19.7 Å². The number of unbranched alkanes of at least 4 members (excludes halogenated alkanes) is 1. The first-order valence-electron chi connectivity index (χ1n) is 8.49. The van der Waals surface area contributed by atoms with Crippen molar-refractivity contribution in [3.8, 4) is 0 Å². The smallest absolute Gasteiger partial charge is 0.407 e. The molecule has 0 saturated heterocycles. The van der Waals surface area contributed by atoms with Gasteiger partial charge in [-0.3, -0.25) is 9.59 Å². The number of alkyl carbamates (subject to hydrolysis) is 1. The van der Waals surface area contributed by atoms with Crippen molar-refractivity contribution in [1.29, 1.82) is 0 Å². The molecule has 0 spiro atoms. The first-order chi connectivity index (χ1) is 11.4. The van der Waals surface area contributed by atoms with Crippen molar-refractivity contribution in [3.63, 3.8) is 0 Å². The molecule has 0 aromatic heterocycles. The van der Waals surface area contributed by atoms with Gasteiger partial charge in [-0.1, -0.05) is 0 Å². The van der Waals surface area contributed by atoms with Crippen LogP contribution in [0.1, 0.15) is 52.9 Å². The maximum absolute atomic E-state index is 11.4. The Morgan fingerprint density at radius 3 is 2.38 bits per heavy atom. The number of nitrogens with two attached hydrogens (primary N) is 1. The number of ether oxygens (including phenoxy) is 2. The third-order valence-corrected chi connectivity index (χ3v) is 3.13. The average molecular weight is 345 g/mol. The summed E-state index contributed by atoms with van der Waals surface area (Å²) in [6, 6.07) is -0.435. The maximum Gasteiger partial charge on any atom is 0.407 e. The Morgan fingerprint density at radius 2 is 1.79 bits per heavy atom. The highest BCUT2D eigenvalue weighted by atomic mass is 16.6. The molecular weight excluding hydrogens is 314 g/mol. The van der Waals surface area contributed by atoms with Gasteiger partial charge in [-0.25, -0.2) is 4.79 Å². The minimum absolute atomic E-state index is 0.150. The fourth-order valence-corrected chi connectivity index (χ4v) is 2.01. The van der Waals surface area contributed by atoms with Gasteiger partial charge in [-0.2, -0.15) is 0 Å². The van der Waals surface area contributed by atoms with Gasteiger partial charge in [0.1, 0.15) is 0 Å². The highest BCUT2D eigenvalue weighted by Crippen LogP contribution is 2.02. The number of carbonyl (C=O) groups excluding carboxylic acids is 3. The summed E-state index contributed by atoms with van der Waals surface area (Å²) in [5, 5.41) is 5.69. The molecule has 0 rings (SSSR count). The Bertz CT molecular complexity index is 388. The van der Waals surface area contributed by atoms with Crippen LogP contribution in [0.5, 0.6) is 0 Å². The van der Waals surface area contributed by atoms with Crippen LogP contribution in [-0.2, 0) is 19.1 Å². The van der Waals surface area contributed by atoms with Crippen LogP contribution in [-0.4, -0.2) is 49.8 Å². The highest BCUT2D eigenvalue weighted by Gasteiger charge is 2.14. The Morgan fingerprint density at radius 1 is 1.08 bits per heavy atom. The fourth-order valence-electron chi connectivity index (χ4n) is 2.01. The van der Waals surface area contributed by atoms with E-state index in [9.17, 15) is 14.4 Å². The minimum atomic E-state index is -0.437. The monoisotopic (exact) mass is 345 g/mol. The number of hydrogen-bond donors (Lipinski definition) is 3. The van der Waals surface area contributed by atoms with E-state index in [2.05, 4.69) is 10.6 Å². The summed E-state index contributed by atoms with van der Waals surface area (Å²) in [6.45, 7) is 6.70. The van der Waals surface area contributed by atoms with Crippen LogP contribution in [0.3, 0.4) is 0 Å². The minimum Gasteiger partial charge on any atom is -0.466 e. The summed E-state index contributed by atoms with van der Waals surface area (Å²) in [7, 11) is 0. The van der Waals surface area contributed by atoms with E-state index >= 15 is 0 Å². The van der Waals surface area contributed by atoms with Gasteiger partial charge in [0.25, 0.3) is 0 Å². The zero-order chi connectivity index (χ0) is 18.4. The number of rotatable bonds is 13. The van der Waals surface area contributed by atoms with Gasteiger partial charge in [0, 0.05) is 13.0 Å². The van der Waals surface area contributed by atoms with E-state index in [0.717, 1.165) is 12.8 Å². The van der Waals surface area contributed by atoms with Crippen LogP contribution in [0.4, 0.5) is 4.79 Å². The zero-order valence-corrected chi connectivity index (χ0v) is 14.9. The molecule has 0 unspecified atom stereocenters. The van der Waals surface area contributed by atoms with Crippen LogP contribution in [0, 0.1) is 0 Å². The molecule has 24 heavy (non-hydrogen) atoms. The van der Waals surface area contributed by atoms with E-state index in [-0.39, 0.29) is 12.1 Å². The second-order valence-corrected chi connectivity index (χ2v) is 5.69. The first kappa shape index (κ1) is 22.2. The zero-order valence-electron chi connectivity index (χ0n) is 14.9. The summed E-state index contributed by atoms with van der Waals surface area (Å²) >= 11 is 0. The predicted octanol–water partition coefficient (Wildman–Crippen LogP) is 1.08. The summed E-state index contributed by atoms with van der Waals surface area (Å²) in [5.74, 6) is -0.660. The van der Waals surface area contributed by atoms with Gasteiger partial charge in [-0.05, 0) is 53.0 Å². The Balaban J connectivity index is 3.79. The molecule has 140 valence electrons. The second kappa shape index (κ2) is 13.6. The highest BCUT2D eigenvalue weighted by molar-refractivity contribution is 5.79. The molecule has 0 radical (unpaired) electrons. The molecule has 0 aliphatic heterocycles. The molecule has 0 heterocycles. The number of amides is 2. The van der Waals surface area contributed by atoms with Gasteiger partial charge >= 0.3 is 12.1 Å². The molecule has 8 nitrogen and oxygen atoms in total. The molecule has 0 aromatic carbocycles. The molecule has 4 N–H and O–H groups in total. The molecule has 0 aliphatic rings. The summed E-state index contributed by atoms with van der Waals surface area (Å²) < 4.78 is 9.77. The van der Waals surface area contributed by atoms with E-state index in [1.807, 2.05) is 0 Å². The molecule has 0 aliphatic carbocycles. The van der Waals surface area contributed by atoms with Crippen molar-refractivity contribution < 1.29 is 23.9 Å². The number of primary amides is 1. The normalized spacial score (nSPS) is 11.8. The average Bonchev–Trinajstić information content (AvgIpc) is 2.48. The fraction of sp³-hybridized carbons (Fsp3) is 0.812. The Kier molecular flexibility index (Phi) is 12.6. The van der Waals surface area contributed by atoms with Gasteiger partial charge in [0.15, 0.2) is 0 Å². The molecule has 1 atom stereocenters. The molecule has 0 fully saturated rings. The Hall–Kier alpha value is -1.83. The standard InChI is InChI=1S/C16H31N3O5/c1-4-23-14(20)9-7-11-18-13(15(17)21)8-5-6-10-19-16(22)24-12(2)3/h12-13,18H,4-11H2,1-3H3,(H2,17,21)(H,19,22)/t13-/m0/s1. The SMILES string of the molecule is CCOC(=O)CCCN[C@@H](CCCCNC(=O)OC(C)C)C(N)=O. The third kappa shape index (κ3) is 12.7. The molecular formula is C16H31N3O5. The van der Waals surface area contributed by atoms with Crippen LogP contribution in [0.15, 0.2) is 0 Å². The lowest BCUT2D eigenvalue weighted by Crippen LogP contribution is -2.41. The van der Waals surface area contributed by atoms with Crippen LogP contribution < -0.4 is 16.4 Å². The van der Waals surface area contributed by atoms with Crippen LogP contribution >= 0.6 is 0 Å². The van der Waals surface area contributed by atoms with Crippen LogP contribution in [0.25, 0.3) is 0 Å². The second-order valence-electron chi connectivity index (χ2n) is 5.69. The summed E-state index contributed by atoms with van der Waals surface area (Å²) in [4.78, 5) is 33.9. The molecule has 0 bridgehead atoms. The van der Waals surface area contributed by atoms with Crippen LogP contribution in [0.2, 0.25) is 0 Å². The molecule has 0 aromatic rings. The first-order valence-corrected chi connectivity index (χ1v) is 8.49. The van der Waals surface area contributed by atoms with E-state index in [1.54, 1.807) is 20.8 Å². The molecule has 8 heteroatoms. The molecule has 0 saturated carbocycles. The van der Waals surface area contributed by atoms with Gasteiger partial charge in [0.05, 0.1) is 18.8 Å². The van der Waals surface area contributed by atoms with E-state index in [1.165, 1.54) is 0 Å². The van der Waals surface area contributed by atoms with E-state index in [4.69, 9.17) is 15.2 Å². The van der Waals surface area contributed by atoms with E-state index in [0.29, 0.717) is 39.0 Å². The number of esters is 1. The Labute approximate surface area is 143 Å². The van der Waals surface area contributed by atoms with E-state index < -0.39 is 18.0 Å². The van der Waals surface area contributed by atoms with Crippen molar-refractivity contribution in [2.45, 2.75) is 65.0 Å². The lowest BCUT2D eigenvalue weighted by molar-refractivity contribution is -0.143. The molecule has 2 amide bonds. The lowest BCUT2D eigenvalue weighted by atomic mass is 10.1. The van der Waals surface area contributed by atoms with Crippen molar-refractivity contribution in [3.05, 3.63) is 0 Å². The third-order valence-electron chi connectivity index (χ3n) is 3.13. The number of hydrogen-bond acceptors (Lipinski definition) is 6. The number of carbonyl (C=O) groups is 3. The van der Waals surface area contributed by atoms with Crippen molar-refractivity contribution >= 4 is 18.0 Å². The van der Waals surface area contributed by atoms with Gasteiger partial charge in [0.2, 0.25) is 5.91 Å². The lowest BCUT2D eigenvalue weighted by Gasteiger charge is -2.15. The summed E-state index contributed by atoms with van der Waals surface area (Å²) in [5.41, 5.74) is 5.36. The number of nitrogens with one attached hydrogen (secondary N) is 2. The predicted molar refractivity (Wildman–Crippen MR) is 90.3 cm³/mol.